The van der Waals surface area contributed by atoms with Crippen LogP contribution in [0.15, 0.2) is 54.6 Å². The molecule has 2 nitrogen and oxygen atoms in total. The quantitative estimate of drug-likeness (QED) is 0.453. The molecule has 1 saturated carbocycles. The number of benzene rings is 2. The Bertz CT molecular complexity index is 712. The molecule has 2 aromatic carbocycles. The first-order chi connectivity index (χ1) is 13.0. The van der Waals surface area contributed by atoms with Gasteiger partial charge in [0.25, 0.3) is 0 Å². The lowest BCUT2D eigenvalue weighted by molar-refractivity contribution is 0.210. The molecular formula is C24H31BrN2. The smallest absolute Gasteiger partial charge is 0.0587 e. The first-order valence-corrected chi connectivity index (χ1v) is 10.6. The number of aryl methyl sites for hydroxylation is 1. The Kier molecular flexibility index (Phi) is 8.54. The van der Waals surface area contributed by atoms with Crippen molar-refractivity contribution in [1.82, 2.24) is 4.90 Å². The van der Waals surface area contributed by atoms with Crippen molar-refractivity contribution < 1.29 is 0 Å². The number of rotatable bonds is 8. The molecule has 0 amide bonds. The highest BCUT2D eigenvalue weighted by molar-refractivity contribution is 9.09. The highest BCUT2D eigenvalue weighted by Gasteiger charge is 2.41. The summed E-state index contributed by atoms with van der Waals surface area (Å²) in [6.07, 6.45) is 4.92. The van der Waals surface area contributed by atoms with E-state index in [0.29, 0.717) is 10.4 Å². The van der Waals surface area contributed by atoms with Crippen LogP contribution >= 0.6 is 15.9 Å². The molecule has 0 atom stereocenters. The van der Waals surface area contributed by atoms with Crippen LogP contribution in [-0.2, 0) is 17.3 Å². The summed E-state index contributed by atoms with van der Waals surface area (Å²) < 4.78 is 0.301. The van der Waals surface area contributed by atoms with Gasteiger partial charge in [-0.25, -0.2) is 0 Å². The van der Waals surface area contributed by atoms with Gasteiger partial charge < -0.3 is 0 Å². The minimum atomic E-state index is 0.301. The third-order valence-corrected chi connectivity index (χ3v) is 6.28. The van der Waals surface area contributed by atoms with Gasteiger partial charge in [0.15, 0.2) is 0 Å². The van der Waals surface area contributed by atoms with Gasteiger partial charge in [0.05, 0.1) is 10.4 Å². The van der Waals surface area contributed by atoms with Gasteiger partial charge >= 0.3 is 0 Å². The fraction of sp³-hybridized carbons (Fsp3) is 0.458. The second-order valence-electron chi connectivity index (χ2n) is 7.54. The minimum absolute atomic E-state index is 0.301. The Hall–Kier alpha value is -1.63. The molecule has 3 rings (SSSR count). The van der Waals surface area contributed by atoms with E-state index in [-0.39, 0.29) is 0 Å². The summed E-state index contributed by atoms with van der Waals surface area (Å²) in [6, 6.07) is 22.4. The van der Waals surface area contributed by atoms with Crippen LogP contribution in [0, 0.1) is 11.3 Å². The minimum Gasteiger partial charge on any atom is -0.297 e. The van der Waals surface area contributed by atoms with E-state index in [0.717, 1.165) is 19.5 Å². The number of halogens is 1. The number of nitrogens with zero attached hydrogens (tertiary/aromatic N) is 2. The zero-order chi connectivity index (χ0) is 19.7. The summed E-state index contributed by atoms with van der Waals surface area (Å²) in [6.45, 7) is 8.21. The molecule has 0 N–H and O–H groups in total. The van der Waals surface area contributed by atoms with E-state index in [4.69, 9.17) is 5.26 Å². The summed E-state index contributed by atoms with van der Waals surface area (Å²) >= 11 is 3.83. The van der Waals surface area contributed by atoms with Crippen molar-refractivity contribution >= 4 is 15.9 Å². The van der Waals surface area contributed by atoms with Gasteiger partial charge in [0.2, 0.25) is 0 Å². The van der Waals surface area contributed by atoms with Gasteiger partial charge in [-0.1, -0.05) is 70.5 Å². The maximum Gasteiger partial charge on any atom is 0.0587 e. The molecule has 27 heavy (non-hydrogen) atoms. The third-order valence-electron chi connectivity index (χ3n) is 5.03. The van der Waals surface area contributed by atoms with Crippen molar-refractivity contribution in [3.05, 3.63) is 71.3 Å². The molecule has 144 valence electrons. The topological polar surface area (TPSA) is 27.0 Å². The van der Waals surface area contributed by atoms with Crippen molar-refractivity contribution in [2.45, 2.75) is 63.4 Å². The molecule has 1 aliphatic rings. The zero-order valence-corrected chi connectivity index (χ0v) is 18.4. The van der Waals surface area contributed by atoms with E-state index >= 15 is 0 Å². The lowest BCUT2D eigenvalue weighted by atomic mass is 10.0. The predicted molar refractivity (Wildman–Crippen MR) is 118 cm³/mol. The van der Waals surface area contributed by atoms with Crippen LogP contribution in [0.2, 0.25) is 0 Å². The molecule has 3 heteroatoms. The molecular weight excluding hydrogens is 396 g/mol. The average Bonchev–Trinajstić information content (AvgIpc) is 3.41. The monoisotopic (exact) mass is 426 g/mol. The molecule has 2 aromatic rings. The zero-order valence-electron chi connectivity index (χ0n) is 16.8. The van der Waals surface area contributed by atoms with Crippen molar-refractivity contribution in [2.75, 3.05) is 6.54 Å². The Labute approximate surface area is 173 Å². The summed E-state index contributed by atoms with van der Waals surface area (Å²) in [5.41, 5.74) is 4.31. The lowest BCUT2D eigenvalue weighted by Gasteiger charge is -2.26. The third kappa shape index (κ3) is 7.13. The summed E-state index contributed by atoms with van der Waals surface area (Å²) in [4.78, 5) is 2.57. The number of nitriles is 1. The molecule has 0 unspecified atom stereocenters. The average molecular weight is 427 g/mol. The molecule has 1 aliphatic carbocycles. The van der Waals surface area contributed by atoms with Crippen LogP contribution in [0.3, 0.4) is 0 Å². The summed E-state index contributed by atoms with van der Waals surface area (Å²) in [7, 11) is 0. The van der Waals surface area contributed by atoms with Crippen molar-refractivity contribution in [3.8, 4) is 6.07 Å². The largest absolute Gasteiger partial charge is 0.297 e. The van der Waals surface area contributed by atoms with Crippen molar-refractivity contribution in [1.29, 1.82) is 5.26 Å². The molecule has 0 spiro atoms. The van der Waals surface area contributed by atoms with Gasteiger partial charge in [-0.15, -0.1) is 0 Å². The Morgan fingerprint density at radius 3 is 2.15 bits per heavy atom. The van der Waals surface area contributed by atoms with E-state index in [1.54, 1.807) is 6.07 Å². The highest BCUT2D eigenvalue weighted by Crippen LogP contribution is 2.53. The van der Waals surface area contributed by atoms with Crippen LogP contribution in [-0.4, -0.2) is 17.5 Å². The molecule has 0 radical (unpaired) electrons. The Balaban J connectivity index is 0.000000817. The molecule has 0 aliphatic heterocycles. The van der Waals surface area contributed by atoms with E-state index in [2.05, 4.69) is 89.3 Å². The highest BCUT2D eigenvalue weighted by atomic mass is 79.9. The standard InChI is InChI=1S/C22H28BrN.C2H3N/c1-18(2)24(17-20-7-4-3-5-8-20)16-6-9-19-10-12-21(13-11-19)22(23)14-15-22;1-2-3/h3-5,7-8,10-13,18H,6,9,14-17H2,1-2H3;1H3. The van der Waals surface area contributed by atoms with Crippen LogP contribution in [0.1, 0.15) is 56.7 Å². The van der Waals surface area contributed by atoms with Gasteiger partial charge in [-0.05, 0) is 62.8 Å². The maximum atomic E-state index is 7.32. The predicted octanol–water partition coefficient (Wildman–Crippen LogP) is 6.44. The maximum absolute atomic E-state index is 7.32. The van der Waals surface area contributed by atoms with E-state index in [9.17, 15) is 0 Å². The van der Waals surface area contributed by atoms with Gasteiger partial charge in [-0.2, -0.15) is 5.26 Å². The second kappa shape index (κ2) is 10.6. The first-order valence-electron chi connectivity index (χ1n) is 9.85. The molecule has 0 bridgehead atoms. The second-order valence-corrected chi connectivity index (χ2v) is 9.06. The van der Waals surface area contributed by atoms with Crippen LogP contribution in [0.5, 0.6) is 0 Å². The SMILES string of the molecule is CC#N.CC(C)N(CCCc1ccc(C2(Br)CC2)cc1)Cc1ccccc1. The van der Waals surface area contributed by atoms with E-state index in [1.165, 1.54) is 42.9 Å². The fourth-order valence-corrected chi connectivity index (χ4v) is 3.66. The van der Waals surface area contributed by atoms with E-state index < -0.39 is 0 Å². The Morgan fingerprint density at radius 1 is 1.04 bits per heavy atom. The number of hydrogen-bond donors (Lipinski definition) is 0. The molecule has 0 heterocycles. The van der Waals surface area contributed by atoms with Crippen LogP contribution in [0.25, 0.3) is 0 Å². The molecule has 0 saturated heterocycles. The fourth-order valence-electron chi connectivity index (χ4n) is 3.19. The van der Waals surface area contributed by atoms with Crippen molar-refractivity contribution in [3.63, 3.8) is 0 Å². The normalized spacial score (nSPS) is 14.4. The van der Waals surface area contributed by atoms with Crippen LogP contribution in [0.4, 0.5) is 0 Å². The molecule has 0 aromatic heterocycles. The van der Waals surface area contributed by atoms with Gasteiger partial charge in [-0.3, -0.25) is 4.90 Å². The summed E-state index contributed by atoms with van der Waals surface area (Å²) in [5.74, 6) is 0. The number of hydrogen-bond acceptors (Lipinski definition) is 2. The summed E-state index contributed by atoms with van der Waals surface area (Å²) in [5, 5.41) is 7.32. The first kappa shape index (κ1) is 21.7. The van der Waals surface area contributed by atoms with Gasteiger partial charge in [0.1, 0.15) is 0 Å². The van der Waals surface area contributed by atoms with E-state index in [1.807, 2.05) is 0 Å². The number of alkyl halides is 1. The Morgan fingerprint density at radius 2 is 1.63 bits per heavy atom. The van der Waals surface area contributed by atoms with Gasteiger partial charge in [0, 0.05) is 19.5 Å². The van der Waals surface area contributed by atoms with Crippen LogP contribution < -0.4 is 0 Å². The lowest BCUT2D eigenvalue weighted by Crippen LogP contribution is -2.31. The molecule has 1 fully saturated rings. The van der Waals surface area contributed by atoms with Crippen molar-refractivity contribution in [2.24, 2.45) is 0 Å².